The standard InChI is InChI=1S/C6H11NO2.ClH/c8-7-5-6-1-3-9-4-2-6;/h5-6,8H,1-4H2;1H. The highest BCUT2D eigenvalue weighted by Crippen LogP contribution is 2.11. The Balaban J connectivity index is 0.000000810. The van der Waals surface area contributed by atoms with Crippen molar-refractivity contribution in [3.63, 3.8) is 0 Å². The van der Waals surface area contributed by atoms with E-state index in [4.69, 9.17) is 9.94 Å². The summed E-state index contributed by atoms with van der Waals surface area (Å²) in [6.45, 7) is 1.60. The summed E-state index contributed by atoms with van der Waals surface area (Å²) >= 11 is 0. The minimum Gasteiger partial charge on any atom is -0.411 e. The van der Waals surface area contributed by atoms with E-state index in [2.05, 4.69) is 5.16 Å². The van der Waals surface area contributed by atoms with Crippen molar-refractivity contribution in [2.45, 2.75) is 12.8 Å². The number of rotatable bonds is 1. The lowest BCUT2D eigenvalue weighted by Gasteiger charge is -2.16. The zero-order valence-corrected chi connectivity index (χ0v) is 6.51. The van der Waals surface area contributed by atoms with Crippen molar-refractivity contribution in [1.29, 1.82) is 0 Å². The number of oxime groups is 1. The molecule has 1 rings (SSSR count). The Morgan fingerprint density at radius 3 is 2.50 bits per heavy atom. The minimum atomic E-state index is 0. The van der Waals surface area contributed by atoms with E-state index in [1.165, 1.54) is 0 Å². The molecule has 0 saturated carbocycles. The Hall–Kier alpha value is -0.280. The molecular formula is C6H12ClNO2. The fraction of sp³-hybridized carbons (Fsp3) is 0.833. The number of nitrogens with zero attached hydrogens (tertiary/aromatic N) is 1. The molecule has 1 aliphatic rings. The number of ether oxygens (including phenoxy) is 1. The molecule has 1 saturated heterocycles. The molecule has 0 atom stereocenters. The second kappa shape index (κ2) is 5.50. The van der Waals surface area contributed by atoms with E-state index >= 15 is 0 Å². The van der Waals surface area contributed by atoms with Gasteiger partial charge in [-0.1, -0.05) is 0 Å². The fourth-order valence-corrected chi connectivity index (χ4v) is 0.959. The quantitative estimate of drug-likeness (QED) is 0.362. The van der Waals surface area contributed by atoms with Crippen molar-refractivity contribution in [2.75, 3.05) is 13.2 Å². The van der Waals surface area contributed by atoms with Crippen LogP contribution >= 0.6 is 12.4 Å². The van der Waals surface area contributed by atoms with E-state index < -0.39 is 0 Å². The molecule has 0 aromatic rings. The van der Waals surface area contributed by atoms with E-state index in [9.17, 15) is 0 Å². The van der Waals surface area contributed by atoms with Crippen LogP contribution in [0.5, 0.6) is 0 Å². The Labute approximate surface area is 66.5 Å². The maximum atomic E-state index is 8.15. The SMILES string of the molecule is Cl.ON=CC1CCOCC1. The number of halogens is 1. The highest BCUT2D eigenvalue weighted by atomic mass is 35.5. The van der Waals surface area contributed by atoms with Gasteiger partial charge in [0, 0.05) is 25.3 Å². The van der Waals surface area contributed by atoms with Gasteiger partial charge in [0.15, 0.2) is 0 Å². The van der Waals surface area contributed by atoms with E-state index in [1.807, 2.05) is 0 Å². The van der Waals surface area contributed by atoms with Crippen LogP contribution in [0.4, 0.5) is 0 Å². The molecule has 3 nitrogen and oxygen atoms in total. The van der Waals surface area contributed by atoms with E-state index in [-0.39, 0.29) is 12.4 Å². The third-order valence-electron chi connectivity index (χ3n) is 1.54. The van der Waals surface area contributed by atoms with Crippen molar-refractivity contribution < 1.29 is 9.94 Å². The predicted molar refractivity (Wildman–Crippen MR) is 41.1 cm³/mol. The Kier molecular flexibility index (Phi) is 5.35. The largest absolute Gasteiger partial charge is 0.411 e. The van der Waals surface area contributed by atoms with Crippen molar-refractivity contribution in [2.24, 2.45) is 11.1 Å². The lowest BCUT2D eigenvalue weighted by molar-refractivity contribution is 0.0832. The van der Waals surface area contributed by atoms with Crippen molar-refractivity contribution in [3.05, 3.63) is 0 Å². The molecule has 0 aromatic heterocycles. The second-order valence-electron chi connectivity index (χ2n) is 2.21. The molecule has 1 aliphatic heterocycles. The molecule has 1 fully saturated rings. The zero-order valence-electron chi connectivity index (χ0n) is 5.69. The van der Waals surface area contributed by atoms with Crippen LogP contribution in [0.15, 0.2) is 5.16 Å². The van der Waals surface area contributed by atoms with Crippen LogP contribution in [0.1, 0.15) is 12.8 Å². The number of hydrogen-bond acceptors (Lipinski definition) is 3. The minimum absolute atomic E-state index is 0. The van der Waals surface area contributed by atoms with Crippen molar-refractivity contribution >= 4 is 18.6 Å². The van der Waals surface area contributed by atoms with E-state index in [1.54, 1.807) is 6.21 Å². The Morgan fingerprint density at radius 1 is 1.40 bits per heavy atom. The van der Waals surface area contributed by atoms with Gasteiger partial charge < -0.3 is 9.94 Å². The molecule has 0 amide bonds. The second-order valence-corrected chi connectivity index (χ2v) is 2.21. The first-order valence-electron chi connectivity index (χ1n) is 3.19. The average Bonchev–Trinajstić information content (AvgIpc) is 1.91. The summed E-state index contributed by atoms with van der Waals surface area (Å²) in [5, 5.41) is 11.1. The number of hydrogen-bond donors (Lipinski definition) is 1. The Bertz CT molecular complexity index is 102. The molecule has 0 bridgehead atoms. The van der Waals surface area contributed by atoms with E-state index in [0.29, 0.717) is 5.92 Å². The molecular weight excluding hydrogens is 154 g/mol. The molecule has 1 N–H and O–H groups in total. The van der Waals surface area contributed by atoms with Gasteiger partial charge in [-0.2, -0.15) is 0 Å². The summed E-state index contributed by atoms with van der Waals surface area (Å²) in [7, 11) is 0. The first-order valence-corrected chi connectivity index (χ1v) is 3.19. The van der Waals surface area contributed by atoms with Gasteiger partial charge in [-0.05, 0) is 12.8 Å². The fourth-order valence-electron chi connectivity index (χ4n) is 0.959. The topological polar surface area (TPSA) is 41.8 Å². The van der Waals surface area contributed by atoms with Gasteiger partial charge in [0.05, 0.1) is 0 Å². The van der Waals surface area contributed by atoms with Crippen LogP contribution in [0, 0.1) is 5.92 Å². The monoisotopic (exact) mass is 165 g/mol. The molecule has 0 aliphatic carbocycles. The van der Waals surface area contributed by atoms with Crippen LogP contribution in [0.25, 0.3) is 0 Å². The summed E-state index contributed by atoms with van der Waals surface area (Å²) in [5.41, 5.74) is 0. The first kappa shape index (κ1) is 9.72. The maximum Gasteiger partial charge on any atom is 0.0472 e. The normalized spacial score (nSPS) is 20.8. The van der Waals surface area contributed by atoms with Gasteiger partial charge in [-0.3, -0.25) is 0 Å². The average molecular weight is 166 g/mol. The van der Waals surface area contributed by atoms with Gasteiger partial charge in [0.2, 0.25) is 0 Å². The molecule has 10 heavy (non-hydrogen) atoms. The first-order chi connectivity index (χ1) is 4.43. The summed E-state index contributed by atoms with van der Waals surface area (Å²) < 4.78 is 5.10. The third kappa shape index (κ3) is 3.03. The molecule has 0 radical (unpaired) electrons. The van der Waals surface area contributed by atoms with E-state index in [0.717, 1.165) is 26.1 Å². The van der Waals surface area contributed by atoms with Gasteiger partial charge in [-0.15, -0.1) is 17.6 Å². The third-order valence-corrected chi connectivity index (χ3v) is 1.54. The van der Waals surface area contributed by atoms with Crippen LogP contribution in [-0.4, -0.2) is 24.6 Å². The van der Waals surface area contributed by atoms with Gasteiger partial charge in [0.25, 0.3) is 0 Å². The van der Waals surface area contributed by atoms with Gasteiger partial charge >= 0.3 is 0 Å². The smallest absolute Gasteiger partial charge is 0.0472 e. The van der Waals surface area contributed by atoms with Gasteiger partial charge in [0.1, 0.15) is 0 Å². The summed E-state index contributed by atoms with van der Waals surface area (Å²) in [4.78, 5) is 0. The lowest BCUT2D eigenvalue weighted by Crippen LogP contribution is -2.16. The maximum absolute atomic E-state index is 8.15. The van der Waals surface area contributed by atoms with Crippen LogP contribution < -0.4 is 0 Å². The van der Waals surface area contributed by atoms with Crippen LogP contribution in [0.3, 0.4) is 0 Å². The summed E-state index contributed by atoms with van der Waals surface area (Å²) in [6.07, 6.45) is 3.57. The molecule has 1 heterocycles. The summed E-state index contributed by atoms with van der Waals surface area (Å²) in [5.74, 6) is 0.434. The molecule has 4 heteroatoms. The summed E-state index contributed by atoms with van der Waals surface area (Å²) in [6, 6.07) is 0. The van der Waals surface area contributed by atoms with Crippen LogP contribution in [0.2, 0.25) is 0 Å². The van der Waals surface area contributed by atoms with Crippen molar-refractivity contribution in [1.82, 2.24) is 0 Å². The van der Waals surface area contributed by atoms with Crippen molar-refractivity contribution in [3.8, 4) is 0 Å². The molecule has 60 valence electrons. The van der Waals surface area contributed by atoms with Gasteiger partial charge in [-0.25, -0.2) is 0 Å². The van der Waals surface area contributed by atoms with Crippen LogP contribution in [-0.2, 0) is 4.74 Å². The lowest BCUT2D eigenvalue weighted by atomic mass is 10.0. The Morgan fingerprint density at radius 2 is 2.00 bits per heavy atom. The molecule has 0 aromatic carbocycles. The molecule has 0 spiro atoms. The molecule has 0 unspecified atom stereocenters. The highest BCUT2D eigenvalue weighted by Gasteiger charge is 2.10. The zero-order chi connectivity index (χ0) is 6.53. The highest BCUT2D eigenvalue weighted by molar-refractivity contribution is 5.85. The predicted octanol–water partition coefficient (Wildman–Crippen LogP) is 1.29.